The van der Waals surface area contributed by atoms with Crippen LogP contribution in [0.4, 0.5) is 5.69 Å². The van der Waals surface area contributed by atoms with E-state index in [-0.39, 0.29) is 5.91 Å². The third-order valence-electron chi connectivity index (χ3n) is 4.08. The van der Waals surface area contributed by atoms with Crippen molar-refractivity contribution < 1.29 is 14.3 Å². The Hall–Kier alpha value is -2.49. The fourth-order valence-corrected chi connectivity index (χ4v) is 2.94. The molecule has 2 aromatic rings. The lowest BCUT2D eigenvalue weighted by Gasteiger charge is -2.11. The van der Waals surface area contributed by atoms with Crippen molar-refractivity contribution in [3.8, 4) is 11.5 Å². The highest BCUT2D eigenvalue weighted by molar-refractivity contribution is 6.04. The average molecular weight is 311 g/mol. The molecule has 23 heavy (non-hydrogen) atoms. The summed E-state index contributed by atoms with van der Waals surface area (Å²) in [6.45, 7) is 2.46. The minimum Gasteiger partial charge on any atom is -0.493 e. The quantitative estimate of drug-likeness (QED) is 0.913. The summed E-state index contributed by atoms with van der Waals surface area (Å²) in [5.74, 6) is 1.06. The van der Waals surface area contributed by atoms with Gasteiger partial charge in [0.2, 0.25) is 0 Å². The van der Waals surface area contributed by atoms with Gasteiger partial charge in [-0.25, -0.2) is 0 Å². The molecular formula is C19H21NO3. The molecule has 120 valence electrons. The Kier molecular flexibility index (Phi) is 4.51. The molecule has 0 saturated heterocycles. The van der Waals surface area contributed by atoms with Crippen molar-refractivity contribution in [2.45, 2.75) is 26.2 Å². The van der Waals surface area contributed by atoms with E-state index < -0.39 is 0 Å². The van der Waals surface area contributed by atoms with Crippen LogP contribution in [0.3, 0.4) is 0 Å². The van der Waals surface area contributed by atoms with E-state index in [0.717, 1.165) is 18.5 Å². The molecule has 0 bridgehead atoms. The number of methoxy groups -OCH3 is 1. The number of hydrogen-bond donors (Lipinski definition) is 1. The molecule has 1 aliphatic rings. The van der Waals surface area contributed by atoms with Gasteiger partial charge < -0.3 is 14.8 Å². The largest absolute Gasteiger partial charge is 0.493 e. The summed E-state index contributed by atoms with van der Waals surface area (Å²) in [6.07, 6.45) is 3.43. The first kappa shape index (κ1) is 15.4. The molecule has 0 aromatic heterocycles. The van der Waals surface area contributed by atoms with E-state index in [1.54, 1.807) is 25.3 Å². The maximum atomic E-state index is 12.4. The number of ether oxygens (including phenoxy) is 2. The van der Waals surface area contributed by atoms with Gasteiger partial charge in [0, 0.05) is 11.3 Å². The number of carbonyl (C=O) groups is 1. The van der Waals surface area contributed by atoms with Crippen molar-refractivity contribution in [3.63, 3.8) is 0 Å². The third kappa shape index (κ3) is 3.31. The van der Waals surface area contributed by atoms with Gasteiger partial charge in [-0.05, 0) is 67.6 Å². The molecular weight excluding hydrogens is 290 g/mol. The summed E-state index contributed by atoms with van der Waals surface area (Å²) < 4.78 is 10.8. The van der Waals surface area contributed by atoms with Gasteiger partial charge >= 0.3 is 0 Å². The number of hydrogen-bond acceptors (Lipinski definition) is 3. The zero-order valence-electron chi connectivity index (χ0n) is 13.5. The van der Waals surface area contributed by atoms with E-state index in [9.17, 15) is 4.79 Å². The van der Waals surface area contributed by atoms with E-state index in [2.05, 4.69) is 17.4 Å². The minimum atomic E-state index is -0.149. The Labute approximate surface area is 136 Å². The van der Waals surface area contributed by atoms with Crippen LogP contribution in [0, 0.1) is 0 Å². The molecule has 1 N–H and O–H groups in total. The van der Waals surface area contributed by atoms with Gasteiger partial charge in [0.25, 0.3) is 5.91 Å². The molecule has 0 unspecified atom stereocenters. The molecule has 0 heterocycles. The fourth-order valence-electron chi connectivity index (χ4n) is 2.94. The lowest BCUT2D eigenvalue weighted by molar-refractivity contribution is 0.102. The van der Waals surface area contributed by atoms with Crippen LogP contribution in [0.2, 0.25) is 0 Å². The lowest BCUT2D eigenvalue weighted by atomic mass is 10.1. The second-order valence-electron chi connectivity index (χ2n) is 5.59. The van der Waals surface area contributed by atoms with Crippen LogP contribution in [-0.4, -0.2) is 19.6 Å². The molecule has 2 aromatic carbocycles. The van der Waals surface area contributed by atoms with Crippen molar-refractivity contribution in [2.75, 3.05) is 19.0 Å². The van der Waals surface area contributed by atoms with Crippen molar-refractivity contribution >= 4 is 11.6 Å². The zero-order chi connectivity index (χ0) is 16.2. The molecule has 1 aliphatic carbocycles. The van der Waals surface area contributed by atoms with Crippen LogP contribution < -0.4 is 14.8 Å². The number of carbonyl (C=O) groups excluding carboxylic acids is 1. The molecule has 0 atom stereocenters. The van der Waals surface area contributed by atoms with Gasteiger partial charge in [0.05, 0.1) is 13.7 Å². The van der Waals surface area contributed by atoms with Crippen LogP contribution in [0.1, 0.15) is 34.8 Å². The Morgan fingerprint density at radius 1 is 1.09 bits per heavy atom. The van der Waals surface area contributed by atoms with Gasteiger partial charge in [-0.3, -0.25) is 4.79 Å². The lowest BCUT2D eigenvalue weighted by Crippen LogP contribution is -2.12. The maximum absolute atomic E-state index is 12.4. The predicted octanol–water partition coefficient (Wildman–Crippen LogP) is 3.83. The summed E-state index contributed by atoms with van der Waals surface area (Å²) in [5, 5.41) is 2.96. The fraction of sp³-hybridized carbons (Fsp3) is 0.316. The van der Waals surface area contributed by atoms with Crippen LogP contribution >= 0.6 is 0 Å². The highest BCUT2D eigenvalue weighted by Gasteiger charge is 2.14. The standard InChI is InChI=1S/C19H21NO3/c1-3-23-17-10-8-15(12-18(17)22-2)19(21)20-16-9-7-13-5-4-6-14(13)11-16/h7-12H,3-6H2,1-2H3,(H,20,21). The Balaban J connectivity index is 1.77. The van der Waals surface area contributed by atoms with E-state index in [1.807, 2.05) is 13.0 Å². The molecule has 4 nitrogen and oxygen atoms in total. The normalized spacial score (nSPS) is 12.6. The van der Waals surface area contributed by atoms with Crippen molar-refractivity contribution in [3.05, 3.63) is 53.1 Å². The first-order valence-corrected chi connectivity index (χ1v) is 7.95. The summed E-state index contributed by atoms with van der Waals surface area (Å²) in [6, 6.07) is 11.4. The van der Waals surface area contributed by atoms with E-state index >= 15 is 0 Å². The monoisotopic (exact) mass is 311 g/mol. The van der Waals surface area contributed by atoms with Gasteiger partial charge in [-0.2, -0.15) is 0 Å². The minimum absolute atomic E-state index is 0.149. The summed E-state index contributed by atoms with van der Waals surface area (Å²) in [5.41, 5.74) is 4.12. The SMILES string of the molecule is CCOc1ccc(C(=O)Nc2ccc3c(c2)CCC3)cc1OC. The number of rotatable bonds is 5. The van der Waals surface area contributed by atoms with E-state index in [0.29, 0.717) is 23.7 Å². The van der Waals surface area contributed by atoms with Crippen LogP contribution in [0.15, 0.2) is 36.4 Å². The molecule has 3 rings (SSSR count). The maximum Gasteiger partial charge on any atom is 0.255 e. The second kappa shape index (κ2) is 6.73. The van der Waals surface area contributed by atoms with Gasteiger partial charge in [0.15, 0.2) is 11.5 Å². The Morgan fingerprint density at radius 2 is 1.91 bits per heavy atom. The van der Waals surface area contributed by atoms with Crippen molar-refractivity contribution in [1.29, 1.82) is 0 Å². The first-order valence-electron chi connectivity index (χ1n) is 7.95. The van der Waals surface area contributed by atoms with E-state index in [1.165, 1.54) is 17.5 Å². The Bertz CT molecular complexity index is 725. The van der Waals surface area contributed by atoms with Crippen LogP contribution in [0.25, 0.3) is 0 Å². The summed E-state index contributed by atoms with van der Waals surface area (Å²) in [4.78, 5) is 12.4. The predicted molar refractivity (Wildman–Crippen MR) is 90.6 cm³/mol. The molecule has 4 heteroatoms. The molecule has 0 radical (unpaired) electrons. The van der Waals surface area contributed by atoms with Gasteiger partial charge in [0.1, 0.15) is 0 Å². The summed E-state index contributed by atoms with van der Waals surface area (Å²) in [7, 11) is 1.57. The van der Waals surface area contributed by atoms with Gasteiger partial charge in [-0.1, -0.05) is 6.07 Å². The molecule has 1 amide bonds. The topological polar surface area (TPSA) is 47.6 Å². The molecule has 0 spiro atoms. The Morgan fingerprint density at radius 3 is 2.70 bits per heavy atom. The van der Waals surface area contributed by atoms with Crippen LogP contribution in [-0.2, 0) is 12.8 Å². The number of fused-ring (bicyclic) bond motifs is 1. The number of anilines is 1. The van der Waals surface area contributed by atoms with Gasteiger partial charge in [-0.15, -0.1) is 0 Å². The summed E-state index contributed by atoms with van der Waals surface area (Å²) >= 11 is 0. The highest BCUT2D eigenvalue weighted by atomic mass is 16.5. The first-order chi connectivity index (χ1) is 11.2. The molecule has 0 saturated carbocycles. The molecule has 0 aliphatic heterocycles. The highest BCUT2D eigenvalue weighted by Crippen LogP contribution is 2.29. The second-order valence-corrected chi connectivity index (χ2v) is 5.59. The average Bonchev–Trinajstić information content (AvgIpc) is 3.03. The smallest absolute Gasteiger partial charge is 0.255 e. The number of benzene rings is 2. The zero-order valence-corrected chi connectivity index (χ0v) is 13.5. The third-order valence-corrected chi connectivity index (χ3v) is 4.08. The van der Waals surface area contributed by atoms with Crippen molar-refractivity contribution in [2.24, 2.45) is 0 Å². The molecule has 0 fully saturated rings. The number of amides is 1. The van der Waals surface area contributed by atoms with E-state index in [4.69, 9.17) is 9.47 Å². The van der Waals surface area contributed by atoms with Crippen LogP contribution in [0.5, 0.6) is 11.5 Å². The number of aryl methyl sites for hydroxylation is 2. The number of nitrogens with one attached hydrogen (secondary N) is 1. The van der Waals surface area contributed by atoms with Crippen molar-refractivity contribution in [1.82, 2.24) is 0 Å².